The second kappa shape index (κ2) is 6.31. The number of benzene rings is 1. The number of methoxy groups -OCH3 is 1. The van der Waals surface area contributed by atoms with Crippen LogP contribution >= 0.6 is 11.8 Å². The predicted molar refractivity (Wildman–Crippen MR) is 75.1 cm³/mol. The summed E-state index contributed by atoms with van der Waals surface area (Å²) in [5, 5.41) is 3.62. The quantitative estimate of drug-likeness (QED) is 0.249. The molecule has 0 bridgehead atoms. The third-order valence-electron chi connectivity index (χ3n) is 2.51. The van der Waals surface area contributed by atoms with Gasteiger partial charge in [0, 0.05) is 16.6 Å². The van der Waals surface area contributed by atoms with E-state index in [4.69, 9.17) is 20.8 Å². The monoisotopic (exact) mass is 294 g/mol. The molecule has 20 heavy (non-hydrogen) atoms. The van der Waals surface area contributed by atoms with E-state index in [1.165, 1.54) is 17.8 Å². The number of anilines is 1. The highest BCUT2D eigenvalue weighted by Gasteiger charge is 2.12. The summed E-state index contributed by atoms with van der Waals surface area (Å²) in [5.74, 6) is 6.28. The van der Waals surface area contributed by atoms with E-state index in [0.717, 1.165) is 10.6 Å². The second-order valence-corrected chi connectivity index (χ2v) is 4.86. The van der Waals surface area contributed by atoms with Crippen LogP contribution in [0.4, 0.5) is 5.69 Å². The Kier molecular flexibility index (Phi) is 4.49. The Balaban J connectivity index is 2.05. The number of nitrogen functional groups attached to an aromatic ring is 2. The number of aromatic nitrogens is 1. The molecule has 8 heteroatoms. The van der Waals surface area contributed by atoms with Crippen molar-refractivity contribution in [3.05, 3.63) is 35.7 Å². The van der Waals surface area contributed by atoms with Gasteiger partial charge in [0.2, 0.25) is 0 Å². The molecule has 2 aromatic rings. The molecule has 0 spiro atoms. The van der Waals surface area contributed by atoms with Crippen LogP contribution in [0.3, 0.4) is 0 Å². The molecule has 0 aliphatic carbocycles. The number of hydrogen-bond donors (Lipinski definition) is 3. The molecule has 0 unspecified atom stereocenters. The van der Waals surface area contributed by atoms with Gasteiger partial charge in [0.15, 0.2) is 5.69 Å². The number of rotatable bonds is 5. The molecule has 1 heterocycles. The Labute approximate surface area is 119 Å². The van der Waals surface area contributed by atoms with Crippen molar-refractivity contribution in [3.8, 4) is 5.75 Å². The highest BCUT2D eigenvalue weighted by molar-refractivity contribution is 7.98. The van der Waals surface area contributed by atoms with Gasteiger partial charge in [-0.05, 0) is 18.2 Å². The van der Waals surface area contributed by atoms with Crippen LogP contribution in [0.25, 0.3) is 0 Å². The van der Waals surface area contributed by atoms with Gasteiger partial charge in [-0.15, -0.1) is 11.8 Å². The lowest BCUT2D eigenvalue weighted by Crippen LogP contribution is -2.30. The van der Waals surface area contributed by atoms with Crippen molar-refractivity contribution in [1.82, 2.24) is 10.6 Å². The van der Waals surface area contributed by atoms with Crippen LogP contribution in [0, 0.1) is 0 Å². The summed E-state index contributed by atoms with van der Waals surface area (Å²) in [6.07, 6.45) is 0. The van der Waals surface area contributed by atoms with Crippen LogP contribution in [0.5, 0.6) is 5.75 Å². The molecular formula is C12H14N4O3S. The molecule has 7 nitrogen and oxygen atoms in total. The van der Waals surface area contributed by atoms with E-state index in [1.54, 1.807) is 19.2 Å². The number of nitrogens with one attached hydrogen (secondary N) is 1. The van der Waals surface area contributed by atoms with E-state index >= 15 is 0 Å². The minimum atomic E-state index is -0.495. The number of carbonyl (C=O) groups is 1. The number of hydrogen-bond acceptors (Lipinski definition) is 7. The predicted octanol–water partition coefficient (Wildman–Crippen LogP) is 1.16. The molecule has 1 amide bonds. The smallest absolute Gasteiger partial charge is 0.287 e. The molecule has 5 N–H and O–H groups in total. The van der Waals surface area contributed by atoms with E-state index in [1.807, 2.05) is 11.5 Å². The fourth-order valence-corrected chi connectivity index (χ4v) is 2.35. The molecule has 2 rings (SSSR count). The fraction of sp³-hybridized carbons (Fsp3) is 0.167. The van der Waals surface area contributed by atoms with E-state index < -0.39 is 5.91 Å². The van der Waals surface area contributed by atoms with Gasteiger partial charge in [-0.25, -0.2) is 5.84 Å². The largest absolute Gasteiger partial charge is 0.497 e. The Hall–Kier alpha value is -2.19. The molecule has 106 valence electrons. The summed E-state index contributed by atoms with van der Waals surface area (Å²) >= 11 is 1.46. The van der Waals surface area contributed by atoms with Crippen molar-refractivity contribution in [3.63, 3.8) is 0 Å². The number of hydrazine groups is 1. The molecular weight excluding hydrogens is 280 g/mol. The Bertz CT molecular complexity index is 614. The molecule has 0 aliphatic heterocycles. The van der Waals surface area contributed by atoms with Gasteiger partial charge in [0.05, 0.1) is 12.9 Å². The van der Waals surface area contributed by atoms with Gasteiger partial charge in [-0.2, -0.15) is 0 Å². The Morgan fingerprint density at radius 1 is 1.50 bits per heavy atom. The topological polar surface area (TPSA) is 116 Å². The number of amides is 1. The van der Waals surface area contributed by atoms with E-state index in [9.17, 15) is 4.79 Å². The average molecular weight is 294 g/mol. The molecule has 0 fully saturated rings. The first-order valence-corrected chi connectivity index (χ1v) is 6.65. The maximum atomic E-state index is 11.2. The molecule has 0 saturated heterocycles. The first-order valence-electron chi connectivity index (χ1n) is 5.67. The third kappa shape index (κ3) is 3.22. The first-order chi connectivity index (χ1) is 9.63. The first kappa shape index (κ1) is 14.2. The average Bonchev–Trinajstić information content (AvgIpc) is 2.94. The van der Waals surface area contributed by atoms with Crippen molar-refractivity contribution >= 4 is 23.4 Å². The van der Waals surface area contributed by atoms with Crippen LogP contribution in [0.2, 0.25) is 0 Å². The Morgan fingerprint density at radius 3 is 3.00 bits per heavy atom. The van der Waals surface area contributed by atoms with Crippen LogP contribution in [-0.4, -0.2) is 18.2 Å². The van der Waals surface area contributed by atoms with Crippen LogP contribution in [0.1, 0.15) is 16.2 Å². The molecule has 0 radical (unpaired) electrons. The van der Waals surface area contributed by atoms with Gasteiger partial charge < -0.3 is 15.0 Å². The number of thioether (sulfide) groups is 1. The molecule has 0 aliphatic rings. The van der Waals surface area contributed by atoms with Gasteiger partial charge in [0.1, 0.15) is 11.5 Å². The molecule has 0 atom stereocenters. The highest BCUT2D eigenvalue weighted by atomic mass is 32.2. The van der Waals surface area contributed by atoms with Crippen molar-refractivity contribution in [1.29, 1.82) is 0 Å². The normalized spacial score (nSPS) is 10.3. The van der Waals surface area contributed by atoms with Gasteiger partial charge >= 0.3 is 0 Å². The van der Waals surface area contributed by atoms with Crippen molar-refractivity contribution in [2.24, 2.45) is 5.84 Å². The number of ether oxygens (including phenoxy) is 1. The maximum Gasteiger partial charge on any atom is 0.287 e. The maximum absolute atomic E-state index is 11.2. The van der Waals surface area contributed by atoms with Crippen LogP contribution in [0.15, 0.2) is 33.7 Å². The highest BCUT2D eigenvalue weighted by Crippen LogP contribution is 2.31. The standard InChI is InChI=1S/C12H14N4O3S/c1-18-7-2-3-9(13)11(5-7)20-6-8-4-10(16-19-8)12(17)15-14/h2-5H,6,13-14H2,1H3,(H,15,17). The number of nitrogens with two attached hydrogens (primary N) is 2. The van der Waals surface area contributed by atoms with Crippen molar-refractivity contribution in [2.45, 2.75) is 10.6 Å². The summed E-state index contributed by atoms with van der Waals surface area (Å²) in [6.45, 7) is 0. The zero-order chi connectivity index (χ0) is 14.5. The molecule has 0 saturated carbocycles. The summed E-state index contributed by atoms with van der Waals surface area (Å²) < 4.78 is 10.2. The summed E-state index contributed by atoms with van der Waals surface area (Å²) in [4.78, 5) is 12.1. The third-order valence-corrected chi connectivity index (χ3v) is 3.61. The van der Waals surface area contributed by atoms with E-state index in [2.05, 4.69) is 5.16 Å². The van der Waals surface area contributed by atoms with Gasteiger partial charge in [-0.1, -0.05) is 5.16 Å². The minimum Gasteiger partial charge on any atom is -0.497 e. The van der Waals surface area contributed by atoms with E-state index in [0.29, 0.717) is 17.2 Å². The fourth-order valence-electron chi connectivity index (χ4n) is 1.48. The summed E-state index contributed by atoms with van der Waals surface area (Å²) in [5.41, 5.74) is 8.66. The Morgan fingerprint density at radius 2 is 2.30 bits per heavy atom. The molecule has 1 aromatic heterocycles. The lowest BCUT2D eigenvalue weighted by atomic mass is 10.3. The lowest BCUT2D eigenvalue weighted by Gasteiger charge is -2.06. The van der Waals surface area contributed by atoms with Crippen LogP contribution < -0.4 is 21.7 Å². The SMILES string of the molecule is COc1ccc(N)c(SCc2cc(C(=O)NN)no2)c1. The minimum absolute atomic E-state index is 0.140. The van der Waals surface area contributed by atoms with Crippen LogP contribution in [-0.2, 0) is 5.75 Å². The van der Waals surface area contributed by atoms with Crippen molar-refractivity contribution < 1.29 is 14.1 Å². The summed E-state index contributed by atoms with van der Waals surface area (Å²) in [7, 11) is 1.59. The summed E-state index contributed by atoms with van der Waals surface area (Å²) in [6, 6.07) is 6.93. The zero-order valence-corrected chi connectivity index (χ0v) is 11.6. The molecule has 1 aromatic carbocycles. The van der Waals surface area contributed by atoms with E-state index in [-0.39, 0.29) is 5.69 Å². The van der Waals surface area contributed by atoms with Crippen molar-refractivity contribution in [2.75, 3.05) is 12.8 Å². The number of nitrogens with zero attached hydrogens (tertiary/aromatic N) is 1. The second-order valence-electron chi connectivity index (χ2n) is 3.84. The van der Waals surface area contributed by atoms with Gasteiger partial charge in [-0.3, -0.25) is 10.2 Å². The number of carbonyl (C=O) groups excluding carboxylic acids is 1. The zero-order valence-electron chi connectivity index (χ0n) is 10.8. The lowest BCUT2D eigenvalue weighted by molar-refractivity contribution is 0.0944. The van der Waals surface area contributed by atoms with Gasteiger partial charge in [0.25, 0.3) is 5.91 Å².